The van der Waals surface area contributed by atoms with Crippen molar-refractivity contribution >= 4 is 26.9 Å². The molecule has 2 aromatic carbocycles. The fraction of sp³-hybridized carbons (Fsp3) is 0.304. The molecule has 1 heterocycles. The van der Waals surface area contributed by atoms with Crippen LogP contribution < -0.4 is 5.56 Å². The quantitative estimate of drug-likeness (QED) is 0.501. The lowest BCUT2D eigenvalue weighted by Gasteiger charge is -2.21. The molecule has 1 aromatic heterocycles. The second-order valence-electron chi connectivity index (χ2n) is 7.41. The van der Waals surface area contributed by atoms with Crippen molar-refractivity contribution < 1.29 is 23.1 Å². The first-order chi connectivity index (χ1) is 15.2. The molecule has 8 nitrogen and oxygen atoms in total. The Labute approximate surface area is 186 Å². The summed E-state index contributed by atoms with van der Waals surface area (Å²) in [5.74, 6) is -0.630. The van der Waals surface area contributed by atoms with Crippen molar-refractivity contribution in [1.29, 1.82) is 0 Å². The largest absolute Gasteiger partial charge is 0.462 e. The number of ether oxygens (including phenoxy) is 1. The summed E-state index contributed by atoms with van der Waals surface area (Å²) in [6, 6.07) is 11.0. The molecule has 170 valence electrons. The minimum Gasteiger partial charge on any atom is -0.462 e. The van der Waals surface area contributed by atoms with E-state index >= 15 is 0 Å². The molecule has 0 aliphatic carbocycles. The fourth-order valence-electron chi connectivity index (χ4n) is 3.42. The molecule has 0 aliphatic rings. The molecular weight excluding hydrogens is 432 g/mol. The van der Waals surface area contributed by atoms with Crippen LogP contribution in [0.1, 0.15) is 34.0 Å². The maximum Gasteiger partial charge on any atom is 0.338 e. The number of aromatic nitrogens is 1. The molecular formula is C23H26N2O6S. The second-order valence-corrected chi connectivity index (χ2v) is 9.34. The number of hydrogen-bond acceptors (Lipinski definition) is 6. The van der Waals surface area contributed by atoms with E-state index in [1.54, 1.807) is 13.0 Å². The van der Waals surface area contributed by atoms with Gasteiger partial charge in [-0.25, -0.2) is 13.2 Å². The van der Waals surface area contributed by atoms with Crippen LogP contribution in [0.5, 0.6) is 0 Å². The van der Waals surface area contributed by atoms with Crippen molar-refractivity contribution in [3.05, 3.63) is 75.1 Å². The zero-order valence-electron chi connectivity index (χ0n) is 18.2. The summed E-state index contributed by atoms with van der Waals surface area (Å²) < 4.78 is 32.5. The van der Waals surface area contributed by atoms with E-state index < -0.39 is 28.2 Å². The lowest BCUT2D eigenvalue weighted by Crippen LogP contribution is -2.35. The molecule has 0 saturated carbocycles. The van der Waals surface area contributed by atoms with E-state index in [9.17, 15) is 23.1 Å². The van der Waals surface area contributed by atoms with Gasteiger partial charge in [-0.15, -0.1) is 0 Å². The third-order valence-corrected chi connectivity index (χ3v) is 7.15. The van der Waals surface area contributed by atoms with Crippen molar-refractivity contribution in [1.82, 2.24) is 9.29 Å². The predicted octanol–water partition coefficient (Wildman–Crippen LogP) is 2.50. The Kier molecular flexibility index (Phi) is 7.12. The molecule has 3 rings (SSSR count). The molecule has 9 heteroatoms. The standard InChI is InChI=1S/C23H26N2O6S/c1-4-31-23(28)18-6-5-7-20(13-18)32(29,30)25(10-11-26)14-19-12-17-9-8-15(2)16(3)21(17)24-22(19)27/h5-9,12-13,26H,4,10-11,14H2,1-3H3,(H,24,27). The van der Waals surface area contributed by atoms with Crippen molar-refractivity contribution in [2.75, 3.05) is 19.8 Å². The highest BCUT2D eigenvalue weighted by atomic mass is 32.2. The normalized spacial score (nSPS) is 11.8. The number of aliphatic hydroxyl groups excluding tert-OH is 1. The summed E-state index contributed by atoms with van der Waals surface area (Å²) in [6.07, 6.45) is 0. The van der Waals surface area contributed by atoms with Crippen LogP contribution in [0.15, 0.2) is 52.2 Å². The average molecular weight is 459 g/mol. The molecule has 0 atom stereocenters. The monoisotopic (exact) mass is 458 g/mol. The SMILES string of the molecule is CCOC(=O)c1cccc(S(=O)(=O)N(CCO)Cc2cc3ccc(C)c(C)c3[nH]c2=O)c1. The summed E-state index contributed by atoms with van der Waals surface area (Å²) in [5.41, 5.74) is 2.64. The van der Waals surface area contributed by atoms with Crippen LogP contribution in [0.3, 0.4) is 0 Å². The Balaban J connectivity index is 2.01. The van der Waals surface area contributed by atoms with E-state index in [1.165, 1.54) is 24.3 Å². The minimum absolute atomic E-state index is 0.103. The molecule has 0 amide bonds. The highest BCUT2D eigenvalue weighted by Crippen LogP contribution is 2.22. The molecule has 0 saturated heterocycles. The lowest BCUT2D eigenvalue weighted by atomic mass is 10.0. The fourth-order valence-corrected chi connectivity index (χ4v) is 4.88. The van der Waals surface area contributed by atoms with Crippen LogP contribution in [-0.2, 0) is 21.3 Å². The number of sulfonamides is 1. The molecule has 0 fully saturated rings. The molecule has 0 radical (unpaired) electrons. The number of carbonyl (C=O) groups excluding carboxylic acids is 1. The summed E-state index contributed by atoms with van der Waals surface area (Å²) in [4.78, 5) is 27.4. The number of aromatic amines is 1. The van der Waals surface area contributed by atoms with Gasteiger partial charge in [0, 0.05) is 18.7 Å². The summed E-state index contributed by atoms with van der Waals surface area (Å²) >= 11 is 0. The predicted molar refractivity (Wildman–Crippen MR) is 121 cm³/mol. The summed E-state index contributed by atoms with van der Waals surface area (Å²) in [5, 5.41) is 10.3. The minimum atomic E-state index is -4.10. The van der Waals surface area contributed by atoms with Crippen LogP contribution >= 0.6 is 0 Å². The van der Waals surface area contributed by atoms with Crippen molar-refractivity contribution in [3.63, 3.8) is 0 Å². The van der Waals surface area contributed by atoms with Gasteiger partial charge in [0.25, 0.3) is 5.56 Å². The van der Waals surface area contributed by atoms with Gasteiger partial charge in [0.05, 0.1) is 29.2 Å². The maximum atomic E-state index is 13.3. The Bertz CT molecular complexity index is 1310. The lowest BCUT2D eigenvalue weighted by molar-refractivity contribution is 0.0526. The Hall–Kier alpha value is -3.01. The first-order valence-electron chi connectivity index (χ1n) is 10.2. The number of esters is 1. The molecule has 0 bridgehead atoms. The number of pyridine rings is 1. The highest BCUT2D eigenvalue weighted by Gasteiger charge is 2.26. The van der Waals surface area contributed by atoms with Crippen LogP contribution in [0.4, 0.5) is 0 Å². The highest BCUT2D eigenvalue weighted by molar-refractivity contribution is 7.89. The number of carbonyl (C=O) groups is 1. The number of aryl methyl sites for hydroxylation is 2. The van der Waals surface area contributed by atoms with E-state index in [0.29, 0.717) is 5.52 Å². The molecule has 2 N–H and O–H groups in total. The number of hydrogen-bond donors (Lipinski definition) is 2. The van der Waals surface area contributed by atoms with Gasteiger partial charge in [0.1, 0.15) is 0 Å². The molecule has 0 unspecified atom stereocenters. The maximum absolute atomic E-state index is 13.3. The van der Waals surface area contributed by atoms with Gasteiger partial charge in [-0.3, -0.25) is 4.79 Å². The smallest absolute Gasteiger partial charge is 0.338 e. The summed E-state index contributed by atoms with van der Waals surface area (Å²) in [7, 11) is -4.10. The van der Waals surface area contributed by atoms with E-state index in [-0.39, 0.29) is 35.7 Å². The molecule has 3 aromatic rings. The number of nitrogens with one attached hydrogen (secondary N) is 1. The third-order valence-electron chi connectivity index (χ3n) is 5.31. The van der Waals surface area contributed by atoms with E-state index in [1.807, 2.05) is 26.0 Å². The Morgan fingerprint density at radius 1 is 1.16 bits per heavy atom. The number of nitrogens with zero attached hydrogens (tertiary/aromatic N) is 1. The van der Waals surface area contributed by atoms with E-state index in [2.05, 4.69) is 4.98 Å². The van der Waals surface area contributed by atoms with Crippen molar-refractivity contribution in [3.8, 4) is 0 Å². The van der Waals surface area contributed by atoms with Gasteiger partial charge in [-0.1, -0.05) is 18.2 Å². The third kappa shape index (κ3) is 4.74. The number of benzene rings is 2. The second kappa shape index (κ2) is 9.64. The first-order valence-corrected chi connectivity index (χ1v) is 11.6. The van der Waals surface area contributed by atoms with Gasteiger partial charge in [0.15, 0.2) is 0 Å². The van der Waals surface area contributed by atoms with Crippen LogP contribution in [0.25, 0.3) is 10.9 Å². The topological polar surface area (TPSA) is 117 Å². The average Bonchev–Trinajstić information content (AvgIpc) is 2.77. The Morgan fingerprint density at radius 2 is 1.91 bits per heavy atom. The Morgan fingerprint density at radius 3 is 2.59 bits per heavy atom. The van der Waals surface area contributed by atoms with E-state index in [0.717, 1.165) is 20.8 Å². The molecule has 0 spiro atoms. The zero-order chi connectivity index (χ0) is 23.5. The number of fused-ring (bicyclic) bond motifs is 1. The van der Waals surface area contributed by atoms with Gasteiger partial charge in [-0.05, 0) is 61.5 Å². The number of H-pyrrole nitrogens is 1. The zero-order valence-corrected chi connectivity index (χ0v) is 19.0. The van der Waals surface area contributed by atoms with Gasteiger partial charge in [-0.2, -0.15) is 4.31 Å². The van der Waals surface area contributed by atoms with Crippen LogP contribution in [0, 0.1) is 13.8 Å². The van der Waals surface area contributed by atoms with Crippen molar-refractivity contribution in [2.24, 2.45) is 0 Å². The van der Waals surface area contributed by atoms with Gasteiger partial charge >= 0.3 is 5.97 Å². The molecule has 32 heavy (non-hydrogen) atoms. The van der Waals surface area contributed by atoms with E-state index in [4.69, 9.17) is 4.74 Å². The van der Waals surface area contributed by atoms with Crippen molar-refractivity contribution in [2.45, 2.75) is 32.2 Å². The summed E-state index contributed by atoms with van der Waals surface area (Å²) in [6.45, 7) is 4.80. The van der Waals surface area contributed by atoms with Crippen LogP contribution in [-0.4, -0.2) is 48.5 Å². The number of aliphatic hydroxyl groups is 1. The first kappa shape index (κ1) is 23.6. The van der Waals surface area contributed by atoms with Gasteiger partial charge < -0.3 is 14.8 Å². The number of rotatable bonds is 8. The van der Waals surface area contributed by atoms with Crippen LogP contribution in [0.2, 0.25) is 0 Å². The molecule has 0 aliphatic heterocycles. The van der Waals surface area contributed by atoms with Gasteiger partial charge in [0.2, 0.25) is 10.0 Å².